The van der Waals surface area contributed by atoms with E-state index in [-0.39, 0.29) is 39.9 Å². The van der Waals surface area contributed by atoms with Crippen molar-refractivity contribution >= 4 is 17.5 Å². The molecule has 0 aliphatic rings. The van der Waals surface area contributed by atoms with Crippen LogP contribution in [0.1, 0.15) is 63.8 Å². The Morgan fingerprint density at radius 1 is 0.857 bits per heavy atom. The predicted octanol–water partition coefficient (Wildman–Crippen LogP) is 7.87. The molecule has 0 radical (unpaired) electrons. The second kappa shape index (κ2) is 9.68. The maximum Gasteiger partial charge on any atom is 0.416 e. The standard InChI is InChI=1S/C29H33F2NO3/c1-28(2,3)22-14-18(15-23(26(22)33)29(4,5)6)12-13-19-16-20(30)17-24(31)25(19)32(27(34)35)21-10-8-7-9-11-21/h7-11,14-17,33H,12-13H2,1-6H3,(H,34,35). The van der Waals surface area contributed by atoms with E-state index in [0.29, 0.717) is 12.5 Å². The van der Waals surface area contributed by atoms with E-state index < -0.39 is 17.7 Å². The molecule has 0 aliphatic carbocycles. The van der Waals surface area contributed by atoms with Crippen LogP contribution >= 0.6 is 0 Å². The van der Waals surface area contributed by atoms with E-state index >= 15 is 4.39 Å². The van der Waals surface area contributed by atoms with Gasteiger partial charge in [0.05, 0.1) is 11.4 Å². The average molecular weight is 482 g/mol. The number of nitrogens with zero attached hydrogens (tertiary/aromatic N) is 1. The number of para-hydroxylation sites is 1. The lowest BCUT2D eigenvalue weighted by atomic mass is 9.78. The number of hydrogen-bond acceptors (Lipinski definition) is 2. The number of carboxylic acid groups (broad SMARTS) is 1. The van der Waals surface area contributed by atoms with E-state index in [1.54, 1.807) is 30.3 Å². The van der Waals surface area contributed by atoms with Gasteiger partial charge in [-0.15, -0.1) is 0 Å². The summed E-state index contributed by atoms with van der Waals surface area (Å²) in [6.07, 6.45) is -0.749. The number of benzene rings is 3. The van der Waals surface area contributed by atoms with Gasteiger partial charge in [-0.25, -0.2) is 18.5 Å². The third-order valence-corrected chi connectivity index (χ3v) is 6.01. The number of phenolic OH excluding ortho intramolecular Hbond substituents is 1. The van der Waals surface area contributed by atoms with Crippen molar-refractivity contribution in [3.05, 3.63) is 88.5 Å². The molecule has 0 fully saturated rings. The van der Waals surface area contributed by atoms with E-state index in [4.69, 9.17) is 0 Å². The summed E-state index contributed by atoms with van der Waals surface area (Å²) >= 11 is 0. The average Bonchev–Trinajstić information content (AvgIpc) is 2.73. The molecule has 3 aromatic carbocycles. The number of anilines is 2. The Hall–Kier alpha value is -3.41. The highest BCUT2D eigenvalue weighted by Gasteiger charge is 2.28. The molecular weight excluding hydrogens is 448 g/mol. The highest BCUT2D eigenvalue weighted by molar-refractivity contribution is 5.95. The van der Waals surface area contributed by atoms with Crippen LogP contribution in [-0.2, 0) is 23.7 Å². The zero-order chi connectivity index (χ0) is 26.1. The number of amides is 1. The molecule has 4 nitrogen and oxygen atoms in total. The fourth-order valence-electron chi connectivity index (χ4n) is 4.23. The molecule has 0 heterocycles. The van der Waals surface area contributed by atoms with Gasteiger partial charge in [-0.3, -0.25) is 0 Å². The molecule has 0 aliphatic heterocycles. The minimum atomic E-state index is -1.36. The normalized spacial score (nSPS) is 12.0. The first kappa shape index (κ1) is 26.2. The highest BCUT2D eigenvalue weighted by Crippen LogP contribution is 2.40. The van der Waals surface area contributed by atoms with Crippen LogP contribution in [0.5, 0.6) is 5.75 Å². The first-order chi connectivity index (χ1) is 16.2. The summed E-state index contributed by atoms with van der Waals surface area (Å²) in [6.45, 7) is 12.1. The van der Waals surface area contributed by atoms with Gasteiger partial charge in [0.15, 0.2) is 5.82 Å². The molecule has 0 spiro atoms. The van der Waals surface area contributed by atoms with E-state index in [2.05, 4.69) is 0 Å². The summed E-state index contributed by atoms with van der Waals surface area (Å²) in [4.78, 5) is 13.0. The van der Waals surface area contributed by atoms with E-state index in [1.807, 2.05) is 53.7 Å². The fraction of sp³-hybridized carbons (Fsp3) is 0.345. The van der Waals surface area contributed by atoms with Crippen LogP contribution in [0.3, 0.4) is 0 Å². The minimum absolute atomic E-state index is 0.184. The second-order valence-corrected chi connectivity index (χ2v) is 10.9. The lowest BCUT2D eigenvalue weighted by Crippen LogP contribution is -2.26. The van der Waals surface area contributed by atoms with Gasteiger partial charge in [-0.05, 0) is 64.1 Å². The smallest absolute Gasteiger partial charge is 0.416 e. The summed E-state index contributed by atoms with van der Waals surface area (Å²) in [6, 6.07) is 13.9. The summed E-state index contributed by atoms with van der Waals surface area (Å²) in [5, 5.41) is 20.9. The number of halogens is 2. The van der Waals surface area contributed by atoms with Gasteiger partial charge in [0.1, 0.15) is 11.6 Å². The van der Waals surface area contributed by atoms with Crippen molar-refractivity contribution < 1.29 is 23.8 Å². The molecule has 35 heavy (non-hydrogen) atoms. The van der Waals surface area contributed by atoms with Crippen molar-refractivity contribution in [2.45, 2.75) is 65.2 Å². The summed E-state index contributed by atoms with van der Waals surface area (Å²) < 4.78 is 29.3. The molecule has 3 rings (SSSR count). The molecule has 6 heteroatoms. The third-order valence-electron chi connectivity index (χ3n) is 6.01. The van der Waals surface area contributed by atoms with Crippen molar-refractivity contribution in [2.75, 3.05) is 4.90 Å². The van der Waals surface area contributed by atoms with Crippen LogP contribution < -0.4 is 4.90 Å². The molecular formula is C29H33F2NO3. The number of hydrogen-bond donors (Lipinski definition) is 2. The SMILES string of the molecule is CC(C)(C)c1cc(CCc2cc(F)cc(F)c2N(C(=O)O)c2ccccc2)cc(C(C)(C)C)c1O. The minimum Gasteiger partial charge on any atom is -0.507 e. The van der Waals surface area contributed by atoms with Crippen molar-refractivity contribution in [3.63, 3.8) is 0 Å². The van der Waals surface area contributed by atoms with Gasteiger partial charge < -0.3 is 10.2 Å². The third kappa shape index (κ3) is 5.81. The van der Waals surface area contributed by atoms with Crippen LogP contribution in [0.2, 0.25) is 0 Å². The first-order valence-electron chi connectivity index (χ1n) is 11.6. The quantitative estimate of drug-likeness (QED) is 0.390. The number of aryl methyl sites for hydroxylation is 2. The molecule has 2 N–H and O–H groups in total. The van der Waals surface area contributed by atoms with E-state index in [9.17, 15) is 19.4 Å². The molecule has 0 unspecified atom stereocenters. The predicted molar refractivity (Wildman–Crippen MR) is 136 cm³/mol. The Labute approximate surface area is 205 Å². The molecule has 1 amide bonds. The van der Waals surface area contributed by atoms with Crippen LogP contribution in [-0.4, -0.2) is 16.3 Å². The Bertz CT molecular complexity index is 1190. The van der Waals surface area contributed by atoms with Gasteiger partial charge in [-0.2, -0.15) is 0 Å². The largest absolute Gasteiger partial charge is 0.507 e. The Balaban J connectivity index is 2.09. The first-order valence-corrected chi connectivity index (χ1v) is 11.6. The second-order valence-electron chi connectivity index (χ2n) is 10.9. The van der Waals surface area contributed by atoms with Gasteiger partial charge >= 0.3 is 6.09 Å². The lowest BCUT2D eigenvalue weighted by Gasteiger charge is -2.28. The van der Waals surface area contributed by atoms with Crippen molar-refractivity contribution in [1.29, 1.82) is 0 Å². The zero-order valence-electron chi connectivity index (χ0n) is 21.1. The number of aromatic hydroxyl groups is 1. The van der Waals surface area contributed by atoms with Crippen LogP contribution in [0, 0.1) is 11.6 Å². The monoisotopic (exact) mass is 481 g/mol. The van der Waals surface area contributed by atoms with E-state index in [1.165, 1.54) is 6.07 Å². The van der Waals surface area contributed by atoms with Crippen molar-refractivity contribution in [2.24, 2.45) is 0 Å². The Morgan fingerprint density at radius 2 is 1.40 bits per heavy atom. The Morgan fingerprint density at radius 3 is 1.89 bits per heavy atom. The number of phenols is 1. The molecule has 0 saturated heterocycles. The maximum absolute atomic E-state index is 15.0. The van der Waals surface area contributed by atoms with Crippen molar-refractivity contribution in [1.82, 2.24) is 0 Å². The van der Waals surface area contributed by atoms with Crippen LogP contribution in [0.4, 0.5) is 25.0 Å². The maximum atomic E-state index is 15.0. The van der Waals surface area contributed by atoms with E-state index in [0.717, 1.165) is 21.6 Å². The van der Waals surface area contributed by atoms with Gasteiger partial charge in [0.2, 0.25) is 0 Å². The molecule has 0 atom stereocenters. The lowest BCUT2D eigenvalue weighted by molar-refractivity contribution is 0.204. The number of rotatable bonds is 5. The number of carbonyl (C=O) groups is 1. The molecule has 0 bridgehead atoms. The van der Waals surface area contributed by atoms with Gasteiger partial charge in [0, 0.05) is 6.07 Å². The molecule has 186 valence electrons. The van der Waals surface area contributed by atoms with Gasteiger partial charge in [0.25, 0.3) is 0 Å². The Kier molecular flexibility index (Phi) is 7.25. The zero-order valence-corrected chi connectivity index (χ0v) is 21.1. The van der Waals surface area contributed by atoms with Crippen LogP contribution in [0.25, 0.3) is 0 Å². The molecule has 0 aromatic heterocycles. The summed E-state index contributed by atoms with van der Waals surface area (Å²) in [5.74, 6) is -1.45. The summed E-state index contributed by atoms with van der Waals surface area (Å²) in [5.41, 5.74) is 2.18. The van der Waals surface area contributed by atoms with Gasteiger partial charge in [-0.1, -0.05) is 71.9 Å². The highest BCUT2D eigenvalue weighted by atomic mass is 19.1. The van der Waals surface area contributed by atoms with Crippen LogP contribution in [0.15, 0.2) is 54.6 Å². The molecule has 3 aromatic rings. The molecule has 0 saturated carbocycles. The topological polar surface area (TPSA) is 60.8 Å². The summed E-state index contributed by atoms with van der Waals surface area (Å²) in [7, 11) is 0. The fourth-order valence-corrected chi connectivity index (χ4v) is 4.23. The van der Waals surface area contributed by atoms with Crippen molar-refractivity contribution in [3.8, 4) is 5.75 Å².